The second-order valence-electron chi connectivity index (χ2n) is 7.25. The molecular formula is C24H20N4O2. The highest BCUT2D eigenvalue weighted by Crippen LogP contribution is 2.19. The van der Waals surface area contributed by atoms with Crippen LogP contribution in [0.3, 0.4) is 0 Å². The number of aromatic amines is 1. The van der Waals surface area contributed by atoms with Gasteiger partial charge in [0, 0.05) is 23.7 Å². The number of benzene rings is 3. The first-order valence-electron chi connectivity index (χ1n) is 9.91. The fraction of sp³-hybridized carbons (Fsp3) is 0.125. The van der Waals surface area contributed by atoms with Gasteiger partial charge in [-0.15, -0.1) is 0 Å². The summed E-state index contributed by atoms with van der Waals surface area (Å²) in [5.74, 6) is 0.737. The van der Waals surface area contributed by atoms with Gasteiger partial charge in [0.05, 0.1) is 22.1 Å². The summed E-state index contributed by atoms with van der Waals surface area (Å²) in [4.78, 5) is 33.3. The van der Waals surface area contributed by atoms with Crippen molar-refractivity contribution in [3.8, 4) is 0 Å². The Labute approximate surface area is 172 Å². The molecule has 1 amide bonds. The van der Waals surface area contributed by atoms with Crippen LogP contribution in [0.5, 0.6) is 0 Å². The van der Waals surface area contributed by atoms with Crippen molar-refractivity contribution in [2.24, 2.45) is 0 Å². The number of hydrogen-bond donors (Lipinski definition) is 2. The predicted octanol–water partition coefficient (Wildman–Crippen LogP) is 3.39. The van der Waals surface area contributed by atoms with Gasteiger partial charge in [-0.1, -0.05) is 36.4 Å². The predicted molar refractivity (Wildman–Crippen MR) is 119 cm³/mol. The van der Waals surface area contributed by atoms with Crippen molar-refractivity contribution in [2.45, 2.75) is 13.0 Å². The van der Waals surface area contributed by atoms with E-state index in [0.29, 0.717) is 23.7 Å². The SMILES string of the molecule is O=C(Cn1c2ccccc2c(=O)c2ccccc21)NCCc1nc2ccccc2[nH]1. The quantitative estimate of drug-likeness (QED) is 0.447. The molecule has 0 atom stereocenters. The van der Waals surface area contributed by atoms with Crippen LogP contribution < -0.4 is 10.7 Å². The molecule has 0 radical (unpaired) electrons. The number of amides is 1. The molecule has 2 N–H and O–H groups in total. The monoisotopic (exact) mass is 396 g/mol. The van der Waals surface area contributed by atoms with Crippen LogP contribution in [-0.2, 0) is 17.8 Å². The van der Waals surface area contributed by atoms with E-state index in [9.17, 15) is 9.59 Å². The molecule has 0 fully saturated rings. The number of aromatic nitrogens is 3. The molecule has 0 aliphatic rings. The molecule has 6 nitrogen and oxygen atoms in total. The van der Waals surface area contributed by atoms with Crippen LogP contribution in [0.15, 0.2) is 77.6 Å². The largest absolute Gasteiger partial charge is 0.354 e. The summed E-state index contributed by atoms with van der Waals surface area (Å²) in [5, 5.41) is 4.20. The highest BCUT2D eigenvalue weighted by Gasteiger charge is 2.12. The van der Waals surface area contributed by atoms with Gasteiger partial charge in [0.1, 0.15) is 12.4 Å². The van der Waals surface area contributed by atoms with E-state index in [2.05, 4.69) is 15.3 Å². The minimum atomic E-state index is -0.106. The summed E-state index contributed by atoms with van der Waals surface area (Å²) in [6, 6.07) is 22.7. The third kappa shape index (κ3) is 3.22. The van der Waals surface area contributed by atoms with Crippen molar-refractivity contribution in [2.75, 3.05) is 6.54 Å². The molecule has 5 rings (SSSR count). The molecule has 0 bridgehead atoms. The maximum absolute atomic E-state index is 12.8. The molecule has 5 aromatic rings. The van der Waals surface area contributed by atoms with Gasteiger partial charge in [0.25, 0.3) is 0 Å². The summed E-state index contributed by atoms with van der Waals surface area (Å²) in [6.07, 6.45) is 0.617. The topological polar surface area (TPSA) is 79.8 Å². The molecule has 148 valence electrons. The van der Waals surface area contributed by atoms with Crippen LogP contribution in [0, 0.1) is 0 Å². The van der Waals surface area contributed by atoms with Gasteiger partial charge in [0.2, 0.25) is 5.91 Å². The van der Waals surface area contributed by atoms with Gasteiger partial charge >= 0.3 is 0 Å². The Balaban J connectivity index is 1.37. The van der Waals surface area contributed by atoms with Crippen molar-refractivity contribution in [3.63, 3.8) is 0 Å². The van der Waals surface area contributed by atoms with E-state index in [1.807, 2.05) is 65.2 Å². The second-order valence-corrected chi connectivity index (χ2v) is 7.25. The number of fused-ring (bicyclic) bond motifs is 3. The van der Waals surface area contributed by atoms with E-state index in [1.54, 1.807) is 12.1 Å². The van der Waals surface area contributed by atoms with Crippen LogP contribution in [0.25, 0.3) is 32.8 Å². The fourth-order valence-electron chi connectivity index (χ4n) is 3.89. The normalized spacial score (nSPS) is 11.3. The van der Waals surface area contributed by atoms with E-state index in [1.165, 1.54) is 0 Å². The summed E-state index contributed by atoms with van der Waals surface area (Å²) < 4.78 is 1.91. The molecule has 0 saturated heterocycles. The Kier molecular flexibility index (Phi) is 4.52. The van der Waals surface area contributed by atoms with E-state index in [4.69, 9.17) is 0 Å². The lowest BCUT2D eigenvalue weighted by molar-refractivity contribution is -0.121. The number of pyridine rings is 1. The minimum absolute atomic E-state index is 0.0113. The number of nitrogens with zero attached hydrogens (tertiary/aromatic N) is 2. The molecule has 0 unspecified atom stereocenters. The zero-order valence-corrected chi connectivity index (χ0v) is 16.3. The first kappa shape index (κ1) is 18.1. The fourth-order valence-corrected chi connectivity index (χ4v) is 3.89. The van der Waals surface area contributed by atoms with E-state index >= 15 is 0 Å². The molecule has 0 aliphatic carbocycles. The lowest BCUT2D eigenvalue weighted by Crippen LogP contribution is -2.30. The molecular weight excluding hydrogens is 376 g/mol. The molecule has 0 saturated carbocycles. The number of rotatable bonds is 5. The first-order valence-corrected chi connectivity index (χ1v) is 9.91. The maximum atomic E-state index is 12.8. The van der Waals surface area contributed by atoms with Gasteiger partial charge in [-0.3, -0.25) is 9.59 Å². The minimum Gasteiger partial charge on any atom is -0.354 e. The van der Waals surface area contributed by atoms with Gasteiger partial charge in [-0.25, -0.2) is 4.98 Å². The molecule has 6 heteroatoms. The Morgan fingerprint density at radius 1 is 0.900 bits per heavy atom. The number of carbonyl (C=O) groups is 1. The average molecular weight is 396 g/mol. The number of imidazole rings is 1. The number of nitrogens with one attached hydrogen (secondary N) is 2. The van der Waals surface area contributed by atoms with E-state index < -0.39 is 0 Å². The van der Waals surface area contributed by atoms with Crippen LogP contribution in [0.2, 0.25) is 0 Å². The molecule has 0 spiro atoms. The molecule has 2 heterocycles. The molecule has 30 heavy (non-hydrogen) atoms. The highest BCUT2D eigenvalue weighted by atomic mass is 16.2. The standard InChI is InChI=1S/C24H20N4O2/c29-23(25-14-13-22-26-18-9-3-4-10-19(18)27-22)15-28-20-11-5-1-7-16(20)24(30)17-8-2-6-12-21(17)28/h1-12H,13-15H2,(H,25,29)(H,26,27). The zero-order valence-electron chi connectivity index (χ0n) is 16.3. The van der Waals surface area contributed by atoms with Gasteiger partial charge in [0.15, 0.2) is 5.43 Å². The summed E-state index contributed by atoms with van der Waals surface area (Å²) in [6.45, 7) is 0.621. The number of hydrogen-bond acceptors (Lipinski definition) is 3. The smallest absolute Gasteiger partial charge is 0.239 e. The van der Waals surface area contributed by atoms with E-state index in [-0.39, 0.29) is 17.9 Å². The molecule has 3 aromatic carbocycles. The van der Waals surface area contributed by atoms with Crippen LogP contribution >= 0.6 is 0 Å². The van der Waals surface area contributed by atoms with Crippen LogP contribution in [0.4, 0.5) is 0 Å². The Morgan fingerprint density at radius 3 is 2.23 bits per heavy atom. The Hall–Kier alpha value is -3.93. The third-order valence-electron chi connectivity index (χ3n) is 5.30. The van der Waals surface area contributed by atoms with Crippen LogP contribution in [0.1, 0.15) is 5.82 Å². The van der Waals surface area contributed by atoms with Gasteiger partial charge < -0.3 is 14.9 Å². The lowest BCUT2D eigenvalue weighted by atomic mass is 10.1. The van der Waals surface area contributed by atoms with Gasteiger partial charge in [-0.05, 0) is 36.4 Å². The summed E-state index contributed by atoms with van der Waals surface area (Å²) >= 11 is 0. The lowest BCUT2D eigenvalue weighted by Gasteiger charge is -2.15. The highest BCUT2D eigenvalue weighted by molar-refractivity contribution is 5.94. The maximum Gasteiger partial charge on any atom is 0.239 e. The average Bonchev–Trinajstić information content (AvgIpc) is 3.19. The molecule has 2 aromatic heterocycles. The van der Waals surface area contributed by atoms with Crippen molar-refractivity contribution in [3.05, 3.63) is 88.8 Å². The first-order chi connectivity index (χ1) is 14.7. The second kappa shape index (κ2) is 7.48. The summed E-state index contributed by atoms with van der Waals surface area (Å²) in [5.41, 5.74) is 3.42. The van der Waals surface area contributed by atoms with Crippen molar-refractivity contribution < 1.29 is 4.79 Å². The van der Waals surface area contributed by atoms with Crippen molar-refractivity contribution in [1.82, 2.24) is 19.9 Å². The Bertz CT molecular complexity index is 1360. The number of para-hydroxylation sites is 4. The number of H-pyrrole nitrogens is 1. The molecule has 0 aliphatic heterocycles. The van der Waals surface area contributed by atoms with Crippen molar-refractivity contribution in [1.29, 1.82) is 0 Å². The van der Waals surface area contributed by atoms with Gasteiger partial charge in [-0.2, -0.15) is 0 Å². The van der Waals surface area contributed by atoms with Crippen LogP contribution in [-0.4, -0.2) is 27.0 Å². The third-order valence-corrected chi connectivity index (χ3v) is 5.30. The summed E-state index contributed by atoms with van der Waals surface area (Å²) in [7, 11) is 0. The van der Waals surface area contributed by atoms with E-state index in [0.717, 1.165) is 27.9 Å². The zero-order chi connectivity index (χ0) is 20.5. The van der Waals surface area contributed by atoms with Crippen molar-refractivity contribution >= 4 is 38.7 Å². The Morgan fingerprint density at radius 2 is 1.53 bits per heavy atom. The number of carbonyl (C=O) groups excluding carboxylic acids is 1.